The molecule has 2 aromatic carbocycles. The number of benzene rings is 2. The van der Waals surface area contributed by atoms with Crippen LogP contribution >= 0.6 is 0 Å². The Balaban J connectivity index is 1.81. The number of hydrogen-bond donors (Lipinski definition) is 1. The second-order valence-electron chi connectivity index (χ2n) is 6.11. The van der Waals surface area contributed by atoms with Gasteiger partial charge in [-0.05, 0) is 18.2 Å². The van der Waals surface area contributed by atoms with Gasteiger partial charge >= 0.3 is 5.97 Å². The summed E-state index contributed by atoms with van der Waals surface area (Å²) < 4.78 is 16.9. The molecule has 29 heavy (non-hydrogen) atoms. The number of fused-ring (bicyclic) bond motifs is 1. The summed E-state index contributed by atoms with van der Waals surface area (Å²) in [6, 6.07) is 12.5. The van der Waals surface area contributed by atoms with Crippen LogP contribution in [0.25, 0.3) is 10.9 Å². The van der Waals surface area contributed by atoms with Gasteiger partial charge in [0.2, 0.25) is 0 Å². The molecular formula is C21H21N3O5. The molecule has 0 saturated carbocycles. The molecule has 0 bridgehead atoms. The van der Waals surface area contributed by atoms with Gasteiger partial charge in [0, 0.05) is 34.3 Å². The maximum absolute atomic E-state index is 12.4. The van der Waals surface area contributed by atoms with Gasteiger partial charge in [0.05, 0.1) is 27.5 Å². The average Bonchev–Trinajstić information content (AvgIpc) is 3.10. The first-order chi connectivity index (χ1) is 14.0. The Morgan fingerprint density at radius 3 is 2.41 bits per heavy atom. The fourth-order valence-electron chi connectivity index (χ4n) is 2.88. The molecule has 3 rings (SSSR count). The molecule has 0 unspecified atom stereocenters. The highest BCUT2D eigenvalue weighted by Crippen LogP contribution is 2.23. The van der Waals surface area contributed by atoms with E-state index in [1.54, 1.807) is 29.0 Å². The number of nitrogens with zero attached hydrogens (tertiary/aromatic N) is 2. The molecule has 0 spiro atoms. The van der Waals surface area contributed by atoms with Gasteiger partial charge in [-0.25, -0.2) is 5.43 Å². The molecule has 150 valence electrons. The van der Waals surface area contributed by atoms with Crippen molar-refractivity contribution in [2.24, 2.45) is 5.10 Å². The fraction of sp³-hybridized carbons (Fsp3) is 0.190. The summed E-state index contributed by atoms with van der Waals surface area (Å²) >= 11 is 0. The second-order valence-corrected chi connectivity index (χ2v) is 6.11. The zero-order valence-electron chi connectivity index (χ0n) is 16.3. The van der Waals surface area contributed by atoms with Gasteiger partial charge in [-0.15, -0.1) is 0 Å². The monoisotopic (exact) mass is 395 g/mol. The van der Waals surface area contributed by atoms with Crippen LogP contribution in [0.15, 0.2) is 53.8 Å². The van der Waals surface area contributed by atoms with Gasteiger partial charge in [-0.1, -0.05) is 18.2 Å². The quantitative estimate of drug-likeness (QED) is 0.377. The highest BCUT2D eigenvalue weighted by atomic mass is 16.5. The molecule has 1 heterocycles. The maximum Gasteiger partial charge on any atom is 0.325 e. The molecule has 0 saturated heterocycles. The number of hydrogen-bond acceptors (Lipinski definition) is 6. The number of amides is 1. The minimum Gasteiger partial charge on any atom is -0.497 e. The van der Waals surface area contributed by atoms with Crippen molar-refractivity contribution >= 4 is 29.0 Å². The average molecular weight is 395 g/mol. The molecule has 0 aliphatic carbocycles. The molecule has 1 amide bonds. The van der Waals surface area contributed by atoms with Crippen molar-refractivity contribution in [3.05, 3.63) is 59.8 Å². The lowest BCUT2D eigenvalue weighted by atomic mass is 10.2. The van der Waals surface area contributed by atoms with Crippen molar-refractivity contribution in [2.45, 2.75) is 6.54 Å². The van der Waals surface area contributed by atoms with Crippen molar-refractivity contribution in [3.8, 4) is 11.5 Å². The first-order valence-corrected chi connectivity index (χ1v) is 8.77. The van der Waals surface area contributed by atoms with E-state index in [9.17, 15) is 9.59 Å². The van der Waals surface area contributed by atoms with Gasteiger partial charge in [-0.3, -0.25) is 9.59 Å². The van der Waals surface area contributed by atoms with Gasteiger partial charge in [0.15, 0.2) is 0 Å². The maximum atomic E-state index is 12.4. The van der Waals surface area contributed by atoms with E-state index in [2.05, 4.69) is 10.5 Å². The third-order valence-electron chi connectivity index (χ3n) is 4.33. The smallest absolute Gasteiger partial charge is 0.325 e. The molecular weight excluding hydrogens is 374 g/mol. The van der Waals surface area contributed by atoms with E-state index in [1.807, 2.05) is 24.3 Å². The van der Waals surface area contributed by atoms with E-state index < -0.39 is 5.91 Å². The van der Waals surface area contributed by atoms with E-state index in [4.69, 9.17) is 14.2 Å². The van der Waals surface area contributed by atoms with Gasteiger partial charge in [0.1, 0.15) is 18.0 Å². The largest absolute Gasteiger partial charge is 0.497 e. The molecule has 0 atom stereocenters. The topological polar surface area (TPSA) is 91.2 Å². The summed E-state index contributed by atoms with van der Waals surface area (Å²) in [6.07, 6.45) is 3.32. The molecule has 0 aliphatic rings. The summed E-state index contributed by atoms with van der Waals surface area (Å²) in [5.74, 6) is 0.250. The van der Waals surface area contributed by atoms with Crippen LogP contribution in [-0.2, 0) is 16.1 Å². The van der Waals surface area contributed by atoms with Crippen LogP contribution in [-0.4, -0.2) is 44.0 Å². The van der Waals surface area contributed by atoms with Crippen LogP contribution in [0.4, 0.5) is 0 Å². The first kappa shape index (κ1) is 19.9. The number of carbonyl (C=O) groups excluding carboxylic acids is 2. The molecule has 8 heteroatoms. The van der Waals surface area contributed by atoms with Crippen LogP contribution < -0.4 is 14.9 Å². The minimum atomic E-state index is -0.406. The third-order valence-corrected chi connectivity index (χ3v) is 4.33. The third kappa shape index (κ3) is 4.55. The highest BCUT2D eigenvalue weighted by molar-refractivity contribution is 6.01. The minimum absolute atomic E-state index is 0.0841. The predicted octanol–water partition coefficient (Wildman–Crippen LogP) is 2.60. The van der Waals surface area contributed by atoms with Gasteiger partial charge in [0.25, 0.3) is 5.91 Å². The second kappa shape index (κ2) is 8.92. The fourth-order valence-corrected chi connectivity index (χ4v) is 2.88. The van der Waals surface area contributed by atoms with Crippen LogP contribution in [0.5, 0.6) is 11.5 Å². The molecule has 8 nitrogen and oxygen atoms in total. The molecule has 0 fully saturated rings. The number of esters is 1. The first-order valence-electron chi connectivity index (χ1n) is 8.77. The zero-order chi connectivity index (χ0) is 20.8. The Bertz CT molecular complexity index is 1050. The number of hydrazone groups is 1. The molecule has 0 aliphatic heterocycles. The number of ether oxygens (including phenoxy) is 3. The SMILES string of the molecule is COC(=O)Cn1cc(/C=N\NC(=O)c2cc(OC)cc(OC)c2)c2ccccc21. The molecule has 3 aromatic rings. The lowest BCUT2D eigenvalue weighted by Crippen LogP contribution is -2.17. The van der Waals surface area contributed by atoms with Crippen molar-refractivity contribution < 1.29 is 23.8 Å². The van der Waals surface area contributed by atoms with E-state index in [-0.39, 0.29) is 12.5 Å². The molecule has 1 aromatic heterocycles. The normalized spacial score (nSPS) is 10.9. The number of nitrogens with one attached hydrogen (secondary N) is 1. The predicted molar refractivity (Wildman–Crippen MR) is 109 cm³/mol. The van der Waals surface area contributed by atoms with Crippen molar-refractivity contribution in [2.75, 3.05) is 21.3 Å². The number of para-hydroxylation sites is 1. The van der Waals surface area contributed by atoms with Crippen molar-refractivity contribution in [1.82, 2.24) is 9.99 Å². The van der Waals surface area contributed by atoms with Crippen molar-refractivity contribution in [1.29, 1.82) is 0 Å². The summed E-state index contributed by atoms with van der Waals surface area (Å²) in [5.41, 5.74) is 4.47. The van der Waals surface area contributed by atoms with E-state index in [1.165, 1.54) is 27.5 Å². The Kier molecular flexibility index (Phi) is 6.13. The summed E-state index contributed by atoms with van der Waals surface area (Å²) in [5, 5.41) is 4.96. The Hall–Kier alpha value is -3.81. The van der Waals surface area contributed by atoms with Crippen LogP contribution in [0.1, 0.15) is 15.9 Å². The number of aromatic nitrogens is 1. The van der Waals surface area contributed by atoms with E-state index >= 15 is 0 Å². The van der Waals surface area contributed by atoms with Crippen LogP contribution in [0.3, 0.4) is 0 Å². The summed E-state index contributed by atoms with van der Waals surface area (Å²) in [7, 11) is 4.37. The number of carbonyl (C=O) groups is 2. The lowest BCUT2D eigenvalue weighted by Gasteiger charge is -2.07. The summed E-state index contributed by atoms with van der Waals surface area (Å²) in [4.78, 5) is 24.1. The molecule has 0 radical (unpaired) electrons. The van der Waals surface area contributed by atoms with Crippen molar-refractivity contribution in [3.63, 3.8) is 0 Å². The highest BCUT2D eigenvalue weighted by Gasteiger charge is 2.11. The lowest BCUT2D eigenvalue weighted by molar-refractivity contribution is -0.141. The van der Waals surface area contributed by atoms with Crippen LogP contribution in [0, 0.1) is 0 Å². The zero-order valence-corrected chi connectivity index (χ0v) is 16.3. The molecule has 1 N–H and O–H groups in total. The Morgan fingerprint density at radius 1 is 1.07 bits per heavy atom. The number of rotatable bonds is 7. The van der Waals surface area contributed by atoms with Gasteiger partial charge < -0.3 is 18.8 Å². The Morgan fingerprint density at radius 2 is 1.76 bits per heavy atom. The van der Waals surface area contributed by atoms with E-state index in [0.29, 0.717) is 17.1 Å². The van der Waals surface area contributed by atoms with E-state index in [0.717, 1.165) is 16.5 Å². The standard InChI is InChI=1S/C21H21N3O5/c1-27-16-8-14(9-17(10-16)28-2)21(26)23-22-11-15-12-24(13-20(25)29-3)19-7-5-4-6-18(15)19/h4-12H,13H2,1-3H3,(H,23,26)/b22-11-. The number of methoxy groups -OCH3 is 3. The van der Waals surface area contributed by atoms with Gasteiger partial charge in [-0.2, -0.15) is 5.10 Å². The Labute approximate surface area is 167 Å². The summed E-state index contributed by atoms with van der Waals surface area (Å²) in [6.45, 7) is 0.0841. The van der Waals surface area contributed by atoms with Crippen LogP contribution in [0.2, 0.25) is 0 Å².